The van der Waals surface area contributed by atoms with Crippen LogP contribution in [0.2, 0.25) is 0 Å². The van der Waals surface area contributed by atoms with E-state index in [0.29, 0.717) is 0 Å². The summed E-state index contributed by atoms with van der Waals surface area (Å²) < 4.78 is 0. The van der Waals surface area contributed by atoms with Crippen molar-refractivity contribution in [2.24, 2.45) is 0 Å². The molecule has 3 aliphatic carbocycles. The van der Waals surface area contributed by atoms with Gasteiger partial charge in [0.15, 0.2) is 0 Å². The third kappa shape index (κ3) is 6.38. The number of hydrogen-bond acceptors (Lipinski definition) is 3. The average Bonchev–Trinajstić information content (AvgIpc) is 1.55. The molecule has 0 unspecified atom stereocenters. The third-order valence-electron chi connectivity index (χ3n) is 19.1. The summed E-state index contributed by atoms with van der Waals surface area (Å²) in [5.74, 6) is 0. The molecule has 0 radical (unpaired) electrons. The van der Waals surface area contributed by atoms with Gasteiger partial charge in [0.05, 0.1) is 16.2 Å². The zero-order valence-corrected chi connectivity index (χ0v) is 47.3. The van der Waals surface area contributed by atoms with Crippen molar-refractivity contribution in [2.75, 3.05) is 4.90 Å². The van der Waals surface area contributed by atoms with Gasteiger partial charge in [-0.25, -0.2) is 0 Å². The van der Waals surface area contributed by atoms with Gasteiger partial charge in [-0.2, -0.15) is 0 Å². The minimum Gasteiger partial charge on any atom is -0.310 e. The number of nitrogens with zero attached hydrogens (tertiary/aromatic N) is 1. The van der Waals surface area contributed by atoms with E-state index in [2.05, 4.69) is 314 Å². The fourth-order valence-electron chi connectivity index (χ4n) is 15.8. The Kier molecular flexibility index (Phi) is 10.4. The van der Waals surface area contributed by atoms with Crippen molar-refractivity contribution in [3.63, 3.8) is 0 Å². The highest BCUT2D eigenvalue weighted by Gasteiger charge is 2.53. The number of rotatable bonds is 6. The quantitative estimate of drug-likeness (QED) is 0.163. The molecule has 0 atom stereocenters. The minimum atomic E-state index is -0.533. The van der Waals surface area contributed by atoms with E-state index in [-0.39, 0.29) is 0 Å². The third-order valence-corrected chi connectivity index (χ3v) is 21.4. The van der Waals surface area contributed by atoms with Crippen LogP contribution < -0.4 is 4.90 Å². The molecule has 0 saturated carbocycles. The van der Waals surface area contributed by atoms with Gasteiger partial charge in [-0.1, -0.05) is 266 Å². The highest BCUT2D eigenvalue weighted by molar-refractivity contribution is 7.99. The van der Waals surface area contributed by atoms with Gasteiger partial charge in [-0.3, -0.25) is 0 Å². The number of fused-ring (bicyclic) bond motifs is 21. The average molecular weight is 1100 g/mol. The van der Waals surface area contributed by atoms with E-state index in [1.807, 2.05) is 23.5 Å². The zero-order chi connectivity index (χ0) is 55.1. The van der Waals surface area contributed by atoms with E-state index in [0.717, 1.165) is 17.1 Å². The van der Waals surface area contributed by atoms with Crippen LogP contribution in [0.5, 0.6) is 0 Å². The van der Waals surface area contributed by atoms with Gasteiger partial charge in [-0.15, -0.1) is 0 Å². The predicted molar refractivity (Wildman–Crippen MR) is 347 cm³/mol. The molecule has 18 rings (SSSR count). The molecule has 392 valence electrons. The number of anilines is 3. The van der Waals surface area contributed by atoms with E-state index in [1.165, 1.54) is 131 Å². The van der Waals surface area contributed by atoms with Gasteiger partial charge < -0.3 is 4.90 Å². The number of benzene rings is 13. The second-order valence-electron chi connectivity index (χ2n) is 22.9. The summed E-state index contributed by atoms with van der Waals surface area (Å²) in [6.45, 7) is 0. The molecule has 3 heteroatoms. The second-order valence-corrected chi connectivity index (χ2v) is 25.1. The Labute approximate surface area is 498 Å². The summed E-state index contributed by atoms with van der Waals surface area (Å²) in [5, 5.41) is 0. The molecule has 0 amide bonds. The van der Waals surface area contributed by atoms with E-state index in [4.69, 9.17) is 0 Å². The van der Waals surface area contributed by atoms with Crippen LogP contribution in [0.15, 0.2) is 329 Å². The Morgan fingerprint density at radius 2 is 0.500 bits per heavy atom. The lowest BCUT2D eigenvalue weighted by molar-refractivity contribution is 0.721. The van der Waals surface area contributed by atoms with Gasteiger partial charge in [0.25, 0.3) is 0 Å². The van der Waals surface area contributed by atoms with E-state index >= 15 is 0 Å². The summed E-state index contributed by atoms with van der Waals surface area (Å²) in [6.07, 6.45) is 0. The van der Waals surface area contributed by atoms with Crippen molar-refractivity contribution in [1.29, 1.82) is 0 Å². The minimum absolute atomic E-state index is 0.494. The summed E-state index contributed by atoms with van der Waals surface area (Å²) in [7, 11) is 0. The largest absolute Gasteiger partial charge is 0.310 e. The molecule has 0 bridgehead atoms. The highest BCUT2D eigenvalue weighted by atomic mass is 32.2. The lowest BCUT2D eigenvalue weighted by Crippen LogP contribution is -2.32. The van der Waals surface area contributed by atoms with Gasteiger partial charge in [0.2, 0.25) is 0 Å². The lowest BCUT2D eigenvalue weighted by Gasteiger charge is -2.40. The predicted octanol–water partition coefficient (Wildman–Crippen LogP) is 20.8. The van der Waals surface area contributed by atoms with Crippen molar-refractivity contribution in [2.45, 2.75) is 35.8 Å². The normalized spacial score (nSPS) is 14.9. The number of hydrogen-bond donors (Lipinski definition) is 0. The topological polar surface area (TPSA) is 3.24 Å². The molecule has 2 spiro atoms. The van der Waals surface area contributed by atoms with Crippen molar-refractivity contribution in [3.05, 3.63) is 376 Å². The van der Waals surface area contributed by atoms with Crippen LogP contribution in [0, 0.1) is 0 Å². The fourth-order valence-corrected chi connectivity index (χ4v) is 18.2. The maximum absolute atomic E-state index is 2.54. The van der Waals surface area contributed by atoms with Crippen LogP contribution in [0.4, 0.5) is 17.1 Å². The molecule has 0 N–H and O–H groups in total. The molecule has 13 aromatic carbocycles. The van der Waals surface area contributed by atoms with Crippen molar-refractivity contribution >= 4 is 40.6 Å². The summed E-state index contributed by atoms with van der Waals surface area (Å²) >= 11 is 3.78. The highest BCUT2D eigenvalue weighted by Crippen LogP contribution is 2.65. The van der Waals surface area contributed by atoms with Crippen molar-refractivity contribution < 1.29 is 0 Å². The molecule has 84 heavy (non-hydrogen) atoms. The van der Waals surface area contributed by atoms with Crippen LogP contribution >= 0.6 is 23.5 Å². The maximum Gasteiger partial charge on any atom is 0.0736 e. The van der Waals surface area contributed by atoms with Crippen molar-refractivity contribution in [1.82, 2.24) is 0 Å². The molecule has 2 aliphatic heterocycles. The Hall–Kier alpha value is -9.64. The Bertz CT molecular complexity index is 4540. The molecule has 2 heterocycles. The van der Waals surface area contributed by atoms with Crippen LogP contribution in [-0.2, 0) is 16.2 Å². The van der Waals surface area contributed by atoms with E-state index in [1.54, 1.807) is 0 Å². The summed E-state index contributed by atoms with van der Waals surface area (Å²) in [4.78, 5) is 7.73. The Morgan fingerprint density at radius 1 is 0.202 bits per heavy atom. The van der Waals surface area contributed by atoms with Gasteiger partial charge in [0.1, 0.15) is 0 Å². The molecule has 1 nitrogen and oxygen atoms in total. The first-order valence-electron chi connectivity index (χ1n) is 29.1. The summed E-state index contributed by atoms with van der Waals surface area (Å²) in [6, 6.07) is 117. The van der Waals surface area contributed by atoms with E-state index < -0.39 is 16.2 Å². The van der Waals surface area contributed by atoms with Gasteiger partial charge >= 0.3 is 0 Å². The zero-order valence-electron chi connectivity index (χ0n) is 45.7. The van der Waals surface area contributed by atoms with Gasteiger partial charge in [0, 0.05) is 36.6 Å². The monoisotopic (exact) mass is 1100 g/mol. The molecular formula is C81H51NS2. The molecule has 5 aliphatic rings. The SMILES string of the molecule is c1ccc(C2(c3ccccc3)c3ccccc3-c3ccc(-c4ccc(N(c5ccc6c(c5)C5(c7ccccc7Sc7ccccc75)c5ccccc5-6)c5ccc6c(c5)C5(c7ccccc7Sc7ccccc75)c5ccccc5-6)cc4)cc32)cc1. The fraction of sp³-hybridized carbons (Fsp3) is 0.0370. The first-order valence-corrected chi connectivity index (χ1v) is 30.8. The van der Waals surface area contributed by atoms with Crippen LogP contribution in [0.25, 0.3) is 44.5 Å². The van der Waals surface area contributed by atoms with Crippen LogP contribution in [0.1, 0.15) is 66.8 Å². The first-order chi connectivity index (χ1) is 41.6. The lowest BCUT2D eigenvalue weighted by atomic mass is 9.67. The molecular weight excluding hydrogens is 1050 g/mol. The smallest absolute Gasteiger partial charge is 0.0736 e. The second kappa shape index (κ2) is 18.2. The Morgan fingerprint density at radius 3 is 0.917 bits per heavy atom. The van der Waals surface area contributed by atoms with E-state index in [9.17, 15) is 0 Å². The molecule has 13 aromatic rings. The molecule has 0 fully saturated rings. The molecule has 0 saturated heterocycles. The first kappa shape index (κ1) is 47.9. The maximum atomic E-state index is 2.54. The summed E-state index contributed by atoms with van der Waals surface area (Å²) in [5.41, 5.74) is 27.5. The van der Waals surface area contributed by atoms with Crippen LogP contribution in [0.3, 0.4) is 0 Å². The van der Waals surface area contributed by atoms with Crippen molar-refractivity contribution in [3.8, 4) is 44.5 Å². The van der Waals surface area contributed by atoms with Crippen LogP contribution in [-0.4, -0.2) is 0 Å². The van der Waals surface area contributed by atoms with Gasteiger partial charge in [-0.05, 0) is 178 Å². The molecule has 0 aromatic heterocycles. The Balaban J connectivity index is 0.862. The standard InChI is InChI=1S/C81H51NS2/c1-3-21-54(22-4-1)79(55-23-5-2-6-24-55)65-28-10-7-25-59(65)62-46-41-53(49-72(62)79)52-39-42-56(43-40-52)82(57-44-47-63-60-26-8-11-29-66(60)80(73(63)50-57)68-31-13-17-35-75(68)83-76-36-18-14-32-69(76)80)58-45-48-64-61-27-9-12-30-67(61)81(74(64)51-58)70-33-15-19-37-77(70)84-78-38-20-16-34-71(78)81/h1-51H.